The standard InChI is InChI=1S/C12H14F3NO2/c13-12(14,15)18-10-3-1-8(2-4-10)11(16)9-5-6-17-7-9/h1-4,9,11H,5-7,16H2. The third-order valence-corrected chi connectivity index (χ3v) is 2.97. The molecule has 0 aliphatic carbocycles. The summed E-state index contributed by atoms with van der Waals surface area (Å²) >= 11 is 0. The van der Waals surface area contributed by atoms with E-state index in [2.05, 4.69) is 4.74 Å². The van der Waals surface area contributed by atoms with Crippen molar-refractivity contribution in [1.82, 2.24) is 0 Å². The van der Waals surface area contributed by atoms with Gasteiger partial charge in [0, 0.05) is 18.6 Å². The quantitative estimate of drug-likeness (QED) is 0.909. The van der Waals surface area contributed by atoms with Gasteiger partial charge in [-0.25, -0.2) is 0 Å². The van der Waals surface area contributed by atoms with Crippen molar-refractivity contribution in [2.75, 3.05) is 13.2 Å². The molecular formula is C12H14F3NO2. The number of hydrogen-bond acceptors (Lipinski definition) is 3. The summed E-state index contributed by atoms with van der Waals surface area (Å²) in [7, 11) is 0. The van der Waals surface area contributed by atoms with Gasteiger partial charge >= 0.3 is 6.36 Å². The maximum Gasteiger partial charge on any atom is 0.573 e. The zero-order valence-electron chi connectivity index (χ0n) is 9.61. The van der Waals surface area contributed by atoms with Gasteiger partial charge in [0.1, 0.15) is 5.75 Å². The summed E-state index contributed by atoms with van der Waals surface area (Å²) < 4.78 is 45.0. The minimum Gasteiger partial charge on any atom is -0.406 e. The fraction of sp³-hybridized carbons (Fsp3) is 0.500. The van der Waals surface area contributed by atoms with Gasteiger partial charge < -0.3 is 15.2 Å². The Morgan fingerprint density at radius 1 is 1.28 bits per heavy atom. The van der Waals surface area contributed by atoms with Crippen LogP contribution >= 0.6 is 0 Å². The van der Waals surface area contributed by atoms with E-state index in [1.54, 1.807) is 12.1 Å². The highest BCUT2D eigenvalue weighted by Crippen LogP contribution is 2.29. The number of alkyl halides is 3. The molecule has 1 saturated heterocycles. The van der Waals surface area contributed by atoms with Gasteiger partial charge in [-0.1, -0.05) is 12.1 Å². The summed E-state index contributed by atoms with van der Waals surface area (Å²) in [6, 6.07) is 5.46. The average molecular weight is 261 g/mol. The molecule has 0 saturated carbocycles. The number of halogens is 3. The molecule has 2 unspecified atom stereocenters. The van der Waals surface area contributed by atoms with Crippen molar-refractivity contribution < 1.29 is 22.6 Å². The van der Waals surface area contributed by atoms with Crippen LogP contribution in [0.1, 0.15) is 18.0 Å². The number of hydrogen-bond donors (Lipinski definition) is 1. The highest BCUT2D eigenvalue weighted by Gasteiger charge is 2.31. The van der Waals surface area contributed by atoms with E-state index in [9.17, 15) is 13.2 Å². The molecule has 2 rings (SSSR count). The Hall–Kier alpha value is -1.27. The monoisotopic (exact) mass is 261 g/mol. The van der Waals surface area contributed by atoms with Gasteiger partial charge in [-0.3, -0.25) is 0 Å². The molecular weight excluding hydrogens is 247 g/mol. The molecule has 0 aromatic heterocycles. The molecule has 0 bridgehead atoms. The molecule has 6 heteroatoms. The molecule has 1 aliphatic rings. The van der Waals surface area contributed by atoms with Crippen LogP contribution in [-0.4, -0.2) is 19.6 Å². The second-order valence-electron chi connectivity index (χ2n) is 4.27. The lowest BCUT2D eigenvalue weighted by molar-refractivity contribution is -0.274. The summed E-state index contributed by atoms with van der Waals surface area (Å²) in [5.74, 6) is -0.0134. The molecule has 1 heterocycles. The van der Waals surface area contributed by atoms with E-state index in [0.29, 0.717) is 13.2 Å². The van der Waals surface area contributed by atoms with Crippen molar-refractivity contribution in [3.63, 3.8) is 0 Å². The zero-order valence-corrected chi connectivity index (χ0v) is 9.61. The molecule has 1 aromatic rings. The normalized spacial score (nSPS) is 21.9. The number of ether oxygens (including phenoxy) is 2. The average Bonchev–Trinajstić information content (AvgIpc) is 2.80. The van der Waals surface area contributed by atoms with E-state index in [1.807, 2.05) is 0 Å². The van der Waals surface area contributed by atoms with Crippen LogP contribution < -0.4 is 10.5 Å². The maximum atomic E-state index is 12.0. The second-order valence-corrected chi connectivity index (χ2v) is 4.27. The van der Waals surface area contributed by atoms with Gasteiger partial charge in [-0.15, -0.1) is 13.2 Å². The van der Waals surface area contributed by atoms with Crippen molar-refractivity contribution in [2.45, 2.75) is 18.8 Å². The maximum absolute atomic E-state index is 12.0. The summed E-state index contributed by atoms with van der Waals surface area (Å²) in [5.41, 5.74) is 6.83. The first-order chi connectivity index (χ1) is 8.46. The Kier molecular flexibility index (Phi) is 3.77. The molecule has 1 fully saturated rings. The van der Waals surface area contributed by atoms with Crippen molar-refractivity contribution in [1.29, 1.82) is 0 Å². The molecule has 100 valence electrons. The van der Waals surface area contributed by atoms with Crippen LogP contribution in [-0.2, 0) is 4.74 Å². The number of nitrogens with two attached hydrogens (primary N) is 1. The van der Waals surface area contributed by atoms with Crippen molar-refractivity contribution in [2.24, 2.45) is 11.7 Å². The van der Waals surface area contributed by atoms with Crippen molar-refractivity contribution in [3.05, 3.63) is 29.8 Å². The van der Waals surface area contributed by atoms with Gasteiger partial charge in [0.05, 0.1) is 6.61 Å². The third kappa shape index (κ3) is 3.36. The van der Waals surface area contributed by atoms with Gasteiger partial charge in [0.15, 0.2) is 0 Å². The Morgan fingerprint density at radius 3 is 2.44 bits per heavy atom. The number of benzene rings is 1. The van der Waals surface area contributed by atoms with Crippen LogP contribution in [0.15, 0.2) is 24.3 Å². The van der Waals surface area contributed by atoms with Gasteiger partial charge in [-0.2, -0.15) is 0 Å². The summed E-state index contributed by atoms with van der Waals surface area (Å²) in [4.78, 5) is 0. The molecule has 1 aliphatic heterocycles. The Morgan fingerprint density at radius 2 is 1.94 bits per heavy atom. The number of rotatable bonds is 3. The predicted molar refractivity (Wildman–Crippen MR) is 59.0 cm³/mol. The minimum absolute atomic E-state index is 0.215. The van der Waals surface area contributed by atoms with E-state index >= 15 is 0 Å². The van der Waals surface area contributed by atoms with Crippen molar-refractivity contribution >= 4 is 0 Å². The molecule has 2 N–H and O–H groups in total. The molecule has 0 amide bonds. The Bertz CT molecular complexity index is 385. The highest BCUT2D eigenvalue weighted by molar-refractivity contribution is 5.29. The van der Waals surface area contributed by atoms with E-state index in [0.717, 1.165) is 12.0 Å². The fourth-order valence-corrected chi connectivity index (χ4v) is 2.00. The third-order valence-electron chi connectivity index (χ3n) is 2.97. The van der Waals surface area contributed by atoms with Crippen LogP contribution in [0.5, 0.6) is 5.75 Å². The van der Waals surface area contributed by atoms with Gasteiger partial charge in [-0.05, 0) is 24.1 Å². The first-order valence-electron chi connectivity index (χ1n) is 5.65. The zero-order chi connectivity index (χ0) is 13.2. The van der Waals surface area contributed by atoms with Crippen LogP contribution in [0.25, 0.3) is 0 Å². The van der Waals surface area contributed by atoms with Gasteiger partial charge in [0.25, 0.3) is 0 Å². The fourth-order valence-electron chi connectivity index (χ4n) is 2.00. The molecule has 1 aromatic carbocycles. The Labute approximate surface area is 103 Å². The van der Waals surface area contributed by atoms with Crippen LogP contribution in [0.2, 0.25) is 0 Å². The van der Waals surface area contributed by atoms with Crippen LogP contribution in [0.4, 0.5) is 13.2 Å². The van der Waals surface area contributed by atoms with Gasteiger partial charge in [0.2, 0.25) is 0 Å². The summed E-state index contributed by atoms with van der Waals surface area (Å²) in [6.45, 7) is 1.29. The molecule has 0 spiro atoms. The summed E-state index contributed by atoms with van der Waals surface area (Å²) in [5, 5.41) is 0. The summed E-state index contributed by atoms with van der Waals surface area (Å²) in [6.07, 6.45) is -3.79. The lowest BCUT2D eigenvalue weighted by Crippen LogP contribution is -2.21. The van der Waals surface area contributed by atoms with Crippen molar-refractivity contribution in [3.8, 4) is 5.75 Å². The first-order valence-corrected chi connectivity index (χ1v) is 5.65. The Balaban J connectivity index is 2.02. The molecule has 0 radical (unpaired) electrons. The molecule has 3 nitrogen and oxygen atoms in total. The van der Waals surface area contributed by atoms with E-state index < -0.39 is 6.36 Å². The highest BCUT2D eigenvalue weighted by atomic mass is 19.4. The lowest BCUT2D eigenvalue weighted by Gasteiger charge is -2.18. The first kappa shape index (κ1) is 13.2. The van der Waals surface area contributed by atoms with E-state index in [4.69, 9.17) is 10.5 Å². The molecule has 2 atom stereocenters. The topological polar surface area (TPSA) is 44.5 Å². The van der Waals surface area contributed by atoms with Crippen LogP contribution in [0.3, 0.4) is 0 Å². The molecule has 18 heavy (non-hydrogen) atoms. The largest absolute Gasteiger partial charge is 0.573 e. The van der Waals surface area contributed by atoms with E-state index in [1.165, 1.54) is 12.1 Å². The van der Waals surface area contributed by atoms with E-state index in [-0.39, 0.29) is 17.7 Å². The van der Waals surface area contributed by atoms with Crippen LogP contribution in [0, 0.1) is 5.92 Å². The SMILES string of the molecule is NC(c1ccc(OC(F)(F)F)cc1)C1CCOC1. The minimum atomic E-state index is -4.66. The predicted octanol–water partition coefficient (Wildman–Crippen LogP) is 2.62. The second kappa shape index (κ2) is 5.16. The smallest absolute Gasteiger partial charge is 0.406 e. The lowest BCUT2D eigenvalue weighted by atomic mass is 9.93.